The first kappa shape index (κ1) is 23.0. The highest BCUT2D eigenvalue weighted by Gasteiger charge is 2.41. The molecule has 0 spiro atoms. The summed E-state index contributed by atoms with van der Waals surface area (Å²) in [6, 6.07) is 3.10. The van der Waals surface area contributed by atoms with Crippen molar-refractivity contribution in [2.75, 3.05) is 45.9 Å². The molecule has 0 bridgehead atoms. The first-order chi connectivity index (χ1) is 16.4. The molecular weight excluding hydrogens is 438 g/mol. The number of carbonyl (C=O) groups excluding carboxylic acids is 3. The number of amides is 3. The molecule has 10 heteroatoms. The number of hydrogen-bond acceptors (Lipinski definition) is 7. The molecule has 4 heterocycles. The highest BCUT2D eigenvalue weighted by Crippen LogP contribution is 2.32. The second kappa shape index (κ2) is 9.50. The van der Waals surface area contributed by atoms with E-state index in [9.17, 15) is 14.4 Å². The predicted molar refractivity (Wildman–Crippen MR) is 122 cm³/mol. The van der Waals surface area contributed by atoms with E-state index in [4.69, 9.17) is 9.47 Å². The van der Waals surface area contributed by atoms with Gasteiger partial charge in [0.1, 0.15) is 18.8 Å². The van der Waals surface area contributed by atoms with Crippen LogP contribution in [0, 0.1) is 5.92 Å². The molecule has 0 aromatic carbocycles. The number of fused-ring (bicyclic) bond motifs is 3. The highest BCUT2D eigenvalue weighted by atomic mass is 16.5. The third-order valence-electron chi connectivity index (χ3n) is 7.23. The monoisotopic (exact) mass is 471 g/mol. The minimum atomic E-state index is -0.335. The van der Waals surface area contributed by atoms with Crippen molar-refractivity contribution in [3.63, 3.8) is 0 Å². The number of piperazine rings is 1. The zero-order chi connectivity index (χ0) is 23.8. The summed E-state index contributed by atoms with van der Waals surface area (Å²) < 4.78 is 12.1. The molecule has 10 nitrogen and oxygen atoms in total. The second-order valence-electron chi connectivity index (χ2n) is 9.94. The summed E-state index contributed by atoms with van der Waals surface area (Å²) in [5, 5.41) is 3.07. The summed E-state index contributed by atoms with van der Waals surface area (Å²) in [5.74, 6) is 0.111. The van der Waals surface area contributed by atoms with Gasteiger partial charge >= 0.3 is 0 Å². The first-order valence-corrected chi connectivity index (χ1v) is 12.2. The topological polar surface area (TPSA) is 104 Å². The van der Waals surface area contributed by atoms with Crippen molar-refractivity contribution in [1.29, 1.82) is 0 Å². The van der Waals surface area contributed by atoms with Crippen molar-refractivity contribution in [1.82, 2.24) is 25.0 Å². The zero-order valence-electron chi connectivity index (χ0n) is 19.8. The third-order valence-corrected chi connectivity index (χ3v) is 7.23. The maximum absolute atomic E-state index is 13.2. The Kier molecular flexibility index (Phi) is 6.44. The van der Waals surface area contributed by atoms with Gasteiger partial charge in [-0.1, -0.05) is 0 Å². The Balaban J connectivity index is 1.40. The molecule has 0 unspecified atom stereocenters. The number of nitrogens with zero attached hydrogens (tertiary/aromatic N) is 4. The van der Waals surface area contributed by atoms with Crippen molar-refractivity contribution in [2.45, 2.75) is 50.9 Å². The average molecular weight is 472 g/mol. The first-order valence-electron chi connectivity index (χ1n) is 12.2. The molecule has 1 aromatic heterocycles. The molecule has 2 saturated heterocycles. The van der Waals surface area contributed by atoms with E-state index < -0.39 is 0 Å². The fourth-order valence-corrected chi connectivity index (χ4v) is 5.01. The number of likely N-dealkylation sites (tertiary alicyclic amines) is 1. The second-order valence-corrected chi connectivity index (χ2v) is 9.94. The van der Waals surface area contributed by atoms with Gasteiger partial charge in [0.05, 0.1) is 18.2 Å². The number of carbonyl (C=O) groups is 3. The molecule has 4 aliphatic rings. The average Bonchev–Trinajstić information content (AvgIpc) is 3.61. The molecule has 34 heavy (non-hydrogen) atoms. The van der Waals surface area contributed by atoms with E-state index in [1.807, 2.05) is 4.90 Å². The smallest absolute Gasteiger partial charge is 0.257 e. The highest BCUT2D eigenvalue weighted by molar-refractivity contribution is 5.96. The maximum Gasteiger partial charge on any atom is 0.257 e. The van der Waals surface area contributed by atoms with Gasteiger partial charge in [-0.25, -0.2) is 4.98 Å². The lowest BCUT2D eigenvalue weighted by Gasteiger charge is -2.41. The molecule has 3 atom stereocenters. The Labute approximate surface area is 199 Å². The van der Waals surface area contributed by atoms with Crippen LogP contribution in [-0.4, -0.2) is 108 Å². The molecule has 3 fully saturated rings. The minimum absolute atomic E-state index is 0.0682. The largest absolute Gasteiger partial charge is 0.475 e. The fourth-order valence-electron chi connectivity index (χ4n) is 5.01. The number of pyridine rings is 1. The zero-order valence-corrected chi connectivity index (χ0v) is 19.8. The van der Waals surface area contributed by atoms with Crippen LogP contribution in [0.5, 0.6) is 5.88 Å². The minimum Gasteiger partial charge on any atom is -0.475 e. The summed E-state index contributed by atoms with van der Waals surface area (Å²) in [5.41, 5.74) is 0.350. The number of rotatable bonds is 2. The Morgan fingerprint density at radius 1 is 1.18 bits per heavy atom. The van der Waals surface area contributed by atoms with Gasteiger partial charge < -0.3 is 24.6 Å². The molecule has 3 amide bonds. The van der Waals surface area contributed by atoms with Crippen LogP contribution < -0.4 is 10.1 Å². The summed E-state index contributed by atoms with van der Waals surface area (Å²) in [6.07, 6.45) is 3.16. The summed E-state index contributed by atoms with van der Waals surface area (Å²) in [7, 11) is 0. The summed E-state index contributed by atoms with van der Waals surface area (Å²) >= 11 is 0. The molecular formula is C24H33N5O5. The molecule has 1 saturated carbocycles. The van der Waals surface area contributed by atoms with Gasteiger partial charge in [0, 0.05) is 50.9 Å². The Hall–Kier alpha value is -2.72. The van der Waals surface area contributed by atoms with Crippen LogP contribution in [0.4, 0.5) is 0 Å². The van der Waals surface area contributed by atoms with Crippen LogP contribution in [0.2, 0.25) is 0 Å². The lowest BCUT2D eigenvalue weighted by molar-refractivity contribution is -0.149. The van der Waals surface area contributed by atoms with Crippen molar-refractivity contribution >= 4 is 17.7 Å². The molecule has 1 aliphatic carbocycles. The quantitative estimate of drug-likeness (QED) is 0.654. The van der Waals surface area contributed by atoms with Gasteiger partial charge in [-0.15, -0.1) is 0 Å². The molecule has 1 aromatic rings. The Bertz CT molecular complexity index is 951. The molecule has 184 valence electrons. The van der Waals surface area contributed by atoms with Crippen LogP contribution in [0.15, 0.2) is 18.3 Å². The van der Waals surface area contributed by atoms with E-state index in [0.29, 0.717) is 44.3 Å². The van der Waals surface area contributed by atoms with Gasteiger partial charge in [-0.3, -0.25) is 19.3 Å². The van der Waals surface area contributed by atoms with Gasteiger partial charge in [-0.2, -0.15) is 0 Å². The van der Waals surface area contributed by atoms with Crippen molar-refractivity contribution in [2.24, 2.45) is 5.92 Å². The predicted octanol–water partition coefficient (Wildman–Crippen LogP) is 0.131. The van der Waals surface area contributed by atoms with Crippen molar-refractivity contribution in [3.8, 4) is 5.88 Å². The molecule has 1 N–H and O–H groups in total. The van der Waals surface area contributed by atoms with Crippen LogP contribution in [0.1, 0.15) is 37.0 Å². The van der Waals surface area contributed by atoms with Crippen LogP contribution >= 0.6 is 0 Å². The van der Waals surface area contributed by atoms with Gasteiger partial charge in [0.2, 0.25) is 17.7 Å². The van der Waals surface area contributed by atoms with E-state index in [-0.39, 0.29) is 60.9 Å². The van der Waals surface area contributed by atoms with Crippen LogP contribution in [0.3, 0.4) is 0 Å². The van der Waals surface area contributed by atoms with Crippen molar-refractivity contribution < 1.29 is 23.9 Å². The van der Waals surface area contributed by atoms with Crippen molar-refractivity contribution in [3.05, 3.63) is 23.9 Å². The maximum atomic E-state index is 13.2. The lowest BCUT2D eigenvalue weighted by Crippen LogP contribution is -2.59. The summed E-state index contributed by atoms with van der Waals surface area (Å²) in [6.45, 7) is 6.92. The lowest BCUT2D eigenvalue weighted by atomic mass is 10.1. The third kappa shape index (κ3) is 4.74. The number of ether oxygens (including phenoxy) is 2. The fraction of sp³-hybridized carbons (Fsp3) is 0.667. The van der Waals surface area contributed by atoms with Crippen LogP contribution in [-0.2, 0) is 14.3 Å². The van der Waals surface area contributed by atoms with Crippen LogP contribution in [0.25, 0.3) is 0 Å². The number of nitrogens with one attached hydrogen (secondary N) is 1. The van der Waals surface area contributed by atoms with E-state index >= 15 is 0 Å². The van der Waals surface area contributed by atoms with Gasteiger partial charge in [0.15, 0.2) is 0 Å². The summed E-state index contributed by atoms with van der Waals surface area (Å²) in [4.78, 5) is 49.2. The van der Waals surface area contributed by atoms with Gasteiger partial charge in [0.25, 0.3) is 5.91 Å². The molecule has 5 rings (SSSR count). The normalized spacial score (nSPS) is 28.6. The SMILES string of the molecule is CC(C)N1C[C@@H]2OCC(=O)N3CCN(C(=O)C4CC4)C[C@H]3COc3ncccc3C(=O)N[C@@H]2C1. The van der Waals surface area contributed by atoms with E-state index in [2.05, 4.69) is 29.0 Å². The molecule has 0 radical (unpaired) electrons. The van der Waals surface area contributed by atoms with E-state index in [1.165, 1.54) is 0 Å². The van der Waals surface area contributed by atoms with Gasteiger partial charge in [-0.05, 0) is 38.8 Å². The van der Waals surface area contributed by atoms with E-state index in [1.54, 1.807) is 23.2 Å². The molecule has 3 aliphatic heterocycles. The number of aromatic nitrogens is 1. The van der Waals surface area contributed by atoms with E-state index in [0.717, 1.165) is 12.8 Å². The standard InChI is InChI=1S/C24H33N5O5/c1-15(2)28-11-19-20(12-28)33-14-21(30)29-9-8-27(24(32)16-5-6-16)10-17(29)13-34-23-18(22(31)26-19)4-3-7-25-23/h3-4,7,15-17,19-20H,5-6,8-14H2,1-2H3,(H,26,31)/t17-,19+,20-/m0/s1. The number of hydrogen-bond donors (Lipinski definition) is 1. The Morgan fingerprint density at radius 3 is 2.76 bits per heavy atom. The Morgan fingerprint density at radius 2 is 2.00 bits per heavy atom.